The number of nitrogens with zero attached hydrogens (tertiary/aromatic N) is 4. The standard InChI is InChI=1S/C14H16N4O3/c1-21-12-5-2-10(3-6-12)8-13-15-14-7-4-11(18(19)20)9-17(14)16-13/h2-3,5-6,11H,4,7-9H2,1H3. The van der Waals surface area contributed by atoms with E-state index in [1.807, 2.05) is 24.3 Å². The van der Waals surface area contributed by atoms with Crippen molar-refractivity contribution in [3.8, 4) is 5.75 Å². The molecule has 3 rings (SSSR count). The topological polar surface area (TPSA) is 83.1 Å². The second-order valence-electron chi connectivity index (χ2n) is 5.13. The number of hydrogen-bond donors (Lipinski definition) is 0. The average Bonchev–Trinajstić information content (AvgIpc) is 2.89. The van der Waals surface area contributed by atoms with Gasteiger partial charge in [-0.25, -0.2) is 9.67 Å². The SMILES string of the molecule is COc1ccc(Cc2nc3n(n2)CC([N+](=O)[O-])CC3)cc1. The fraction of sp³-hybridized carbons (Fsp3) is 0.429. The molecule has 0 saturated carbocycles. The quantitative estimate of drug-likeness (QED) is 0.628. The molecule has 0 saturated heterocycles. The number of aryl methyl sites for hydroxylation is 1. The molecule has 0 radical (unpaired) electrons. The number of hydrogen-bond acceptors (Lipinski definition) is 5. The van der Waals surface area contributed by atoms with E-state index in [2.05, 4.69) is 10.1 Å². The van der Waals surface area contributed by atoms with Crippen LogP contribution in [0.3, 0.4) is 0 Å². The zero-order valence-corrected chi connectivity index (χ0v) is 11.7. The van der Waals surface area contributed by atoms with Gasteiger partial charge in [-0.1, -0.05) is 12.1 Å². The molecule has 1 aromatic heterocycles. The molecule has 7 heteroatoms. The molecular weight excluding hydrogens is 272 g/mol. The number of nitro groups is 1. The number of benzene rings is 1. The molecule has 0 aliphatic carbocycles. The summed E-state index contributed by atoms with van der Waals surface area (Å²) in [5, 5.41) is 15.2. The summed E-state index contributed by atoms with van der Waals surface area (Å²) < 4.78 is 6.80. The molecule has 0 spiro atoms. The van der Waals surface area contributed by atoms with E-state index in [4.69, 9.17) is 4.74 Å². The predicted octanol–water partition coefficient (Wildman–Crippen LogP) is 1.47. The first-order valence-electron chi connectivity index (χ1n) is 6.84. The zero-order chi connectivity index (χ0) is 14.8. The minimum Gasteiger partial charge on any atom is -0.497 e. The molecule has 110 valence electrons. The Labute approximate surface area is 121 Å². The van der Waals surface area contributed by atoms with Gasteiger partial charge in [0.15, 0.2) is 5.82 Å². The van der Waals surface area contributed by atoms with Gasteiger partial charge in [-0.3, -0.25) is 10.1 Å². The van der Waals surface area contributed by atoms with Crippen LogP contribution >= 0.6 is 0 Å². The summed E-state index contributed by atoms with van der Waals surface area (Å²) in [5.74, 6) is 2.36. The van der Waals surface area contributed by atoms with Gasteiger partial charge in [0.25, 0.3) is 0 Å². The first kappa shape index (κ1) is 13.5. The van der Waals surface area contributed by atoms with Crippen molar-refractivity contribution in [3.05, 3.63) is 51.6 Å². The maximum absolute atomic E-state index is 10.9. The van der Waals surface area contributed by atoms with Crippen molar-refractivity contribution in [3.63, 3.8) is 0 Å². The Hall–Kier alpha value is -2.44. The van der Waals surface area contributed by atoms with Crippen LogP contribution < -0.4 is 4.74 Å². The average molecular weight is 288 g/mol. The molecule has 2 heterocycles. The third-order valence-corrected chi connectivity index (χ3v) is 3.70. The van der Waals surface area contributed by atoms with Crippen LogP contribution in [0.2, 0.25) is 0 Å². The van der Waals surface area contributed by atoms with Gasteiger partial charge < -0.3 is 4.74 Å². The molecule has 1 aromatic carbocycles. The van der Waals surface area contributed by atoms with E-state index in [9.17, 15) is 10.1 Å². The molecule has 7 nitrogen and oxygen atoms in total. The molecule has 0 fully saturated rings. The first-order valence-corrected chi connectivity index (χ1v) is 6.84. The van der Waals surface area contributed by atoms with Crippen LogP contribution in [0.25, 0.3) is 0 Å². The molecule has 0 N–H and O–H groups in total. The number of methoxy groups -OCH3 is 1. The Morgan fingerprint density at radius 3 is 2.86 bits per heavy atom. The molecule has 1 aliphatic heterocycles. The fourth-order valence-electron chi connectivity index (χ4n) is 2.52. The van der Waals surface area contributed by atoms with Crippen molar-refractivity contribution in [1.29, 1.82) is 0 Å². The lowest BCUT2D eigenvalue weighted by molar-refractivity contribution is -0.527. The van der Waals surface area contributed by atoms with Gasteiger partial charge in [0, 0.05) is 24.2 Å². The predicted molar refractivity (Wildman–Crippen MR) is 74.9 cm³/mol. The van der Waals surface area contributed by atoms with Crippen LogP contribution in [-0.4, -0.2) is 32.8 Å². The smallest absolute Gasteiger partial charge is 0.232 e. The number of fused-ring (bicyclic) bond motifs is 1. The second kappa shape index (κ2) is 5.51. The van der Waals surface area contributed by atoms with Crippen LogP contribution in [0.15, 0.2) is 24.3 Å². The van der Waals surface area contributed by atoms with Gasteiger partial charge in [-0.2, -0.15) is 5.10 Å². The third kappa shape index (κ3) is 2.86. The van der Waals surface area contributed by atoms with Gasteiger partial charge in [0.05, 0.1) is 7.11 Å². The maximum Gasteiger partial charge on any atom is 0.232 e. The monoisotopic (exact) mass is 288 g/mol. The van der Waals surface area contributed by atoms with Crippen LogP contribution in [0, 0.1) is 10.1 Å². The molecule has 21 heavy (non-hydrogen) atoms. The van der Waals surface area contributed by atoms with E-state index in [1.165, 1.54) is 0 Å². The molecule has 1 atom stereocenters. The van der Waals surface area contributed by atoms with E-state index in [1.54, 1.807) is 11.8 Å². The van der Waals surface area contributed by atoms with Crippen molar-refractivity contribution in [2.75, 3.05) is 7.11 Å². The summed E-state index contributed by atoms with van der Waals surface area (Å²) in [6, 6.07) is 7.19. The molecular formula is C14H16N4O3. The van der Waals surface area contributed by atoms with E-state index in [0.29, 0.717) is 31.6 Å². The summed E-state index contributed by atoms with van der Waals surface area (Å²) in [5.41, 5.74) is 1.09. The van der Waals surface area contributed by atoms with Gasteiger partial charge in [-0.15, -0.1) is 0 Å². The summed E-state index contributed by atoms with van der Waals surface area (Å²) in [6.45, 7) is 0.317. The molecule has 1 unspecified atom stereocenters. The van der Waals surface area contributed by atoms with Crippen molar-refractivity contribution < 1.29 is 9.66 Å². The number of ether oxygens (including phenoxy) is 1. The first-order chi connectivity index (χ1) is 10.2. The molecule has 0 amide bonds. The highest BCUT2D eigenvalue weighted by atomic mass is 16.6. The third-order valence-electron chi connectivity index (χ3n) is 3.70. The number of rotatable bonds is 4. The summed E-state index contributed by atoms with van der Waals surface area (Å²) in [4.78, 5) is 15.1. The van der Waals surface area contributed by atoms with Crippen LogP contribution in [0.5, 0.6) is 5.75 Å². The van der Waals surface area contributed by atoms with Gasteiger partial charge in [-0.05, 0) is 17.7 Å². The second-order valence-corrected chi connectivity index (χ2v) is 5.13. The Bertz CT molecular complexity index is 651. The normalized spacial score (nSPS) is 17.3. The molecule has 1 aliphatic rings. The summed E-state index contributed by atoms with van der Waals surface area (Å²) in [7, 11) is 1.63. The van der Waals surface area contributed by atoms with Crippen LogP contribution in [0.1, 0.15) is 23.6 Å². The Kier molecular flexibility index (Phi) is 3.55. The van der Waals surface area contributed by atoms with Crippen molar-refractivity contribution in [2.45, 2.75) is 31.8 Å². The summed E-state index contributed by atoms with van der Waals surface area (Å²) in [6.07, 6.45) is 1.77. The van der Waals surface area contributed by atoms with Gasteiger partial charge >= 0.3 is 0 Å². The van der Waals surface area contributed by atoms with Crippen LogP contribution in [-0.2, 0) is 19.4 Å². The maximum atomic E-state index is 10.9. The Morgan fingerprint density at radius 1 is 1.43 bits per heavy atom. The summed E-state index contributed by atoms with van der Waals surface area (Å²) >= 11 is 0. The highest BCUT2D eigenvalue weighted by Gasteiger charge is 2.28. The van der Waals surface area contributed by atoms with E-state index >= 15 is 0 Å². The van der Waals surface area contributed by atoms with E-state index in [-0.39, 0.29) is 4.92 Å². The van der Waals surface area contributed by atoms with Crippen molar-refractivity contribution >= 4 is 0 Å². The lowest BCUT2D eigenvalue weighted by atomic mass is 10.1. The van der Waals surface area contributed by atoms with Crippen molar-refractivity contribution in [1.82, 2.24) is 14.8 Å². The number of aromatic nitrogens is 3. The molecule has 2 aromatic rings. The molecule has 0 bridgehead atoms. The lowest BCUT2D eigenvalue weighted by Gasteiger charge is -2.15. The van der Waals surface area contributed by atoms with Crippen molar-refractivity contribution in [2.24, 2.45) is 0 Å². The lowest BCUT2D eigenvalue weighted by Crippen LogP contribution is -2.31. The van der Waals surface area contributed by atoms with E-state index in [0.717, 1.165) is 17.1 Å². The van der Waals surface area contributed by atoms with Gasteiger partial charge in [0.1, 0.15) is 18.1 Å². The van der Waals surface area contributed by atoms with E-state index < -0.39 is 6.04 Å². The van der Waals surface area contributed by atoms with Gasteiger partial charge in [0.2, 0.25) is 6.04 Å². The minimum absolute atomic E-state index is 0.228. The fourth-order valence-corrected chi connectivity index (χ4v) is 2.52. The highest BCUT2D eigenvalue weighted by Crippen LogP contribution is 2.17. The van der Waals surface area contributed by atoms with Crippen LogP contribution in [0.4, 0.5) is 0 Å². The zero-order valence-electron chi connectivity index (χ0n) is 11.7. The minimum atomic E-state index is -0.548. The Morgan fingerprint density at radius 2 is 2.19 bits per heavy atom. The highest BCUT2D eigenvalue weighted by molar-refractivity contribution is 5.28. The largest absolute Gasteiger partial charge is 0.497 e. The Balaban J connectivity index is 1.74.